The molecule has 0 aliphatic carbocycles. The van der Waals surface area contributed by atoms with E-state index in [0.717, 1.165) is 39.1 Å². The summed E-state index contributed by atoms with van der Waals surface area (Å²) in [6, 6.07) is -0.288. The van der Waals surface area contributed by atoms with Crippen molar-refractivity contribution in [2.75, 3.05) is 39.5 Å². The molecule has 2 fully saturated rings. The predicted octanol–water partition coefficient (Wildman–Crippen LogP) is -0.000700. The molecule has 6 heteroatoms. The first-order valence-electron chi connectivity index (χ1n) is 8.05. The van der Waals surface area contributed by atoms with Crippen LogP contribution in [-0.2, 0) is 14.3 Å². The van der Waals surface area contributed by atoms with E-state index in [1.54, 1.807) is 0 Å². The van der Waals surface area contributed by atoms with Crippen LogP contribution in [0.25, 0.3) is 0 Å². The van der Waals surface area contributed by atoms with Gasteiger partial charge in [0.15, 0.2) is 0 Å². The highest BCUT2D eigenvalue weighted by Gasteiger charge is 2.38. The topological polar surface area (TPSA) is 71.0 Å². The first-order valence-corrected chi connectivity index (χ1v) is 8.05. The zero-order chi connectivity index (χ0) is 15.2. The molecule has 0 bridgehead atoms. The van der Waals surface area contributed by atoms with Gasteiger partial charge in [-0.1, -0.05) is 13.8 Å². The lowest BCUT2D eigenvalue weighted by atomic mass is 10.0. The van der Waals surface area contributed by atoms with Gasteiger partial charge >= 0.3 is 0 Å². The highest BCUT2D eigenvalue weighted by molar-refractivity contribution is 5.78. The Morgan fingerprint density at radius 1 is 1.33 bits per heavy atom. The van der Waals surface area contributed by atoms with Crippen LogP contribution < -0.4 is 5.32 Å². The average molecular weight is 300 g/mol. The Balaban J connectivity index is 1.80. The fraction of sp³-hybridized carbons (Fsp3) is 0.933. The maximum Gasteiger partial charge on any atom is 0.223 e. The number of carbonyl (C=O) groups is 1. The zero-order valence-corrected chi connectivity index (χ0v) is 13.1. The van der Waals surface area contributed by atoms with E-state index >= 15 is 0 Å². The van der Waals surface area contributed by atoms with E-state index in [2.05, 4.69) is 10.2 Å². The van der Waals surface area contributed by atoms with Crippen LogP contribution in [0.2, 0.25) is 0 Å². The van der Waals surface area contributed by atoms with Crippen molar-refractivity contribution in [2.45, 2.75) is 44.9 Å². The first kappa shape index (κ1) is 16.7. The zero-order valence-electron chi connectivity index (χ0n) is 13.1. The molecule has 0 spiro atoms. The van der Waals surface area contributed by atoms with Gasteiger partial charge in [-0.3, -0.25) is 9.69 Å². The number of nitrogens with zero attached hydrogens (tertiary/aromatic N) is 1. The standard InChI is InChI=1S/C15H28N2O4/c1-3-11(4-2)15(19)16-12-10-21-13(14(12)18)9-17-5-7-20-8-6-17/h11-14,18H,3-10H2,1-2H3,(H,16,19)/t12-,13-,14+/m0/s1. The van der Waals surface area contributed by atoms with Crippen molar-refractivity contribution in [3.63, 3.8) is 0 Å². The summed E-state index contributed by atoms with van der Waals surface area (Å²) in [6.45, 7) is 8.32. The highest BCUT2D eigenvalue weighted by Crippen LogP contribution is 2.18. The van der Waals surface area contributed by atoms with Gasteiger partial charge in [-0.25, -0.2) is 0 Å². The van der Waals surface area contributed by atoms with E-state index in [9.17, 15) is 9.90 Å². The molecule has 0 aromatic carbocycles. The van der Waals surface area contributed by atoms with E-state index < -0.39 is 6.10 Å². The molecule has 0 unspecified atom stereocenters. The average Bonchev–Trinajstić information content (AvgIpc) is 2.83. The molecule has 1 amide bonds. The van der Waals surface area contributed by atoms with Crippen molar-refractivity contribution in [3.8, 4) is 0 Å². The van der Waals surface area contributed by atoms with Crippen molar-refractivity contribution in [1.82, 2.24) is 10.2 Å². The summed E-state index contributed by atoms with van der Waals surface area (Å²) in [4.78, 5) is 14.3. The minimum Gasteiger partial charge on any atom is -0.388 e. The minimum atomic E-state index is -0.633. The number of amides is 1. The van der Waals surface area contributed by atoms with Crippen molar-refractivity contribution < 1.29 is 19.4 Å². The number of carbonyl (C=O) groups excluding carboxylic acids is 1. The number of aliphatic hydroxyl groups is 1. The summed E-state index contributed by atoms with van der Waals surface area (Å²) in [5, 5.41) is 13.3. The summed E-state index contributed by atoms with van der Waals surface area (Å²) in [5.74, 6) is 0.0511. The van der Waals surface area contributed by atoms with Gasteiger partial charge in [0.25, 0.3) is 0 Å². The number of nitrogens with one attached hydrogen (secondary N) is 1. The largest absolute Gasteiger partial charge is 0.388 e. The maximum absolute atomic E-state index is 12.1. The Hall–Kier alpha value is -0.690. The summed E-state index contributed by atoms with van der Waals surface area (Å²) in [6.07, 6.45) is 0.785. The second kappa shape index (κ2) is 8.08. The molecule has 2 aliphatic heterocycles. The number of morpholine rings is 1. The number of ether oxygens (including phenoxy) is 2. The van der Waals surface area contributed by atoms with Crippen molar-refractivity contribution in [3.05, 3.63) is 0 Å². The molecular formula is C15H28N2O4. The van der Waals surface area contributed by atoms with E-state index in [1.165, 1.54) is 0 Å². The molecule has 2 saturated heterocycles. The van der Waals surface area contributed by atoms with Gasteiger partial charge in [0, 0.05) is 25.6 Å². The van der Waals surface area contributed by atoms with Crippen molar-refractivity contribution in [1.29, 1.82) is 0 Å². The number of hydrogen-bond acceptors (Lipinski definition) is 5. The Morgan fingerprint density at radius 2 is 2.00 bits per heavy atom. The van der Waals surface area contributed by atoms with Crippen LogP contribution in [0, 0.1) is 5.92 Å². The van der Waals surface area contributed by atoms with Crippen LogP contribution in [-0.4, -0.2) is 73.6 Å². The lowest BCUT2D eigenvalue weighted by Crippen LogP contribution is -2.49. The molecule has 122 valence electrons. The Morgan fingerprint density at radius 3 is 2.62 bits per heavy atom. The van der Waals surface area contributed by atoms with Gasteiger partial charge in [-0.15, -0.1) is 0 Å². The molecule has 21 heavy (non-hydrogen) atoms. The molecule has 0 radical (unpaired) electrons. The minimum absolute atomic E-state index is 0.0236. The third kappa shape index (κ3) is 4.39. The molecule has 0 aromatic heterocycles. The third-order valence-electron chi connectivity index (χ3n) is 4.51. The highest BCUT2D eigenvalue weighted by atomic mass is 16.5. The van der Waals surface area contributed by atoms with E-state index in [1.807, 2.05) is 13.8 Å². The van der Waals surface area contributed by atoms with Crippen LogP contribution in [0.1, 0.15) is 26.7 Å². The quantitative estimate of drug-likeness (QED) is 0.722. The van der Waals surface area contributed by atoms with E-state index in [-0.39, 0.29) is 24.0 Å². The SMILES string of the molecule is CCC(CC)C(=O)N[C@H]1CO[C@@H](CN2CCOCC2)[C@@H]1O. The summed E-state index contributed by atoms with van der Waals surface area (Å²) >= 11 is 0. The number of aliphatic hydroxyl groups excluding tert-OH is 1. The summed E-state index contributed by atoms with van der Waals surface area (Å²) in [5.41, 5.74) is 0. The van der Waals surface area contributed by atoms with Crippen LogP contribution in [0.3, 0.4) is 0 Å². The fourth-order valence-electron chi connectivity index (χ4n) is 2.97. The summed E-state index contributed by atoms with van der Waals surface area (Å²) < 4.78 is 11.0. The van der Waals surface area contributed by atoms with Gasteiger partial charge in [0.1, 0.15) is 6.10 Å². The fourth-order valence-corrected chi connectivity index (χ4v) is 2.97. The van der Waals surface area contributed by atoms with Gasteiger partial charge < -0.3 is 19.9 Å². The van der Waals surface area contributed by atoms with Crippen molar-refractivity contribution >= 4 is 5.91 Å². The molecule has 0 aromatic rings. The maximum atomic E-state index is 12.1. The van der Waals surface area contributed by atoms with Gasteiger partial charge in [0.05, 0.1) is 32.0 Å². The summed E-state index contributed by atoms with van der Waals surface area (Å²) in [7, 11) is 0. The Bertz CT molecular complexity index is 330. The van der Waals surface area contributed by atoms with Gasteiger partial charge in [0.2, 0.25) is 5.91 Å². The molecule has 2 N–H and O–H groups in total. The molecule has 2 rings (SSSR count). The van der Waals surface area contributed by atoms with Crippen LogP contribution in [0.4, 0.5) is 0 Å². The van der Waals surface area contributed by atoms with Crippen LogP contribution in [0.5, 0.6) is 0 Å². The smallest absolute Gasteiger partial charge is 0.223 e. The van der Waals surface area contributed by atoms with Crippen LogP contribution in [0.15, 0.2) is 0 Å². The first-order chi connectivity index (χ1) is 10.2. The molecule has 2 heterocycles. The number of hydrogen-bond donors (Lipinski definition) is 2. The molecule has 6 nitrogen and oxygen atoms in total. The molecule has 2 aliphatic rings. The second-order valence-corrected chi connectivity index (χ2v) is 5.90. The van der Waals surface area contributed by atoms with E-state index in [0.29, 0.717) is 13.2 Å². The lowest BCUT2D eigenvalue weighted by molar-refractivity contribution is -0.126. The van der Waals surface area contributed by atoms with Crippen molar-refractivity contribution in [2.24, 2.45) is 5.92 Å². The van der Waals surface area contributed by atoms with Crippen LogP contribution >= 0.6 is 0 Å². The normalized spacial score (nSPS) is 30.8. The molecule has 0 saturated carbocycles. The van der Waals surface area contributed by atoms with E-state index in [4.69, 9.17) is 9.47 Å². The monoisotopic (exact) mass is 300 g/mol. The predicted molar refractivity (Wildman–Crippen MR) is 79.0 cm³/mol. The lowest BCUT2D eigenvalue weighted by Gasteiger charge is -2.30. The Kier molecular flexibility index (Phi) is 6.41. The number of rotatable bonds is 6. The van der Waals surface area contributed by atoms with Gasteiger partial charge in [-0.05, 0) is 12.8 Å². The Labute approximate surface area is 126 Å². The molecular weight excluding hydrogens is 272 g/mol. The van der Waals surface area contributed by atoms with Gasteiger partial charge in [-0.2, -0.15) is 0 Å². The molecule has 3 atom stereocenters. The second-order valence-electron chi connectivity index (χ2n) is 5.90. The third-order valence-corrected chi connectivity index (χ3v) is 4.51.